The van der Waals surface area contributed by atoms with Crippen molar-refractivity contribution in [3.8, 4) is 17.2 Å². The molecule has 0 aromatic heterocycles. The number of rotatable bonds is 7. The topological polar surface area (TPSA) is 56.1 Å². The van der Waals surface area contributed by atoms with Gasteiger partial charge in [0.15, 0.2) is 0 Å². The zero-order valence-electron chi connectivity index (χ0n) is 16.7. The maximum Gasteiger partial charge on any atom is 0.251 e. The van der Waals surface area contributed by atoms with Crippen LogP contribution in [0.4, 0.5) is 0 Å². The summed E-state index contributed by atoms with van der Waals surface area (Å²) >= 11 is 0. The molecule has 1 heterocycles. The third kappa shape index (κ3) is 5.21. The average molecular weight is 376 g/mol. The predicted octanol–water partition coefficient (Wildman–Crippen LogP) is 4.47. The van der Waals surface area contributed by atoms with Gasteiger partial charge in [0.05, 0.1) is 11.6 Å². The van der Waals surface area contributed by atoms with Crippen molar-refractivity contribution in [1.82, 2.24) is 10.2 Å². The van der Waals surface area contributed by atoms with Gasteiger partial charge in [-0.05, 0) is 62.4 Å². The number of nitrogens with one attached hydrogen (secondary N) is 1. The molecule has 1 saturated heterocycles. The van der Waals surface area contributed by atoms with Crippen LogP contribution in [0.15, 0.2) is 48.5 Å². The van der Waals surface area contributed by atoms with Crippen LogP contribution >= 0.6 is 0 Å². The van der Waals surface area contributed by atoms with Crippen LogP contribution in [-0.2, 0) is 0 Å². The quantitative estimate of drug-likeness (QED) is 0.727. The van der Waals surface area contributed by atoms with Crippen LogP contribution in [0.1, 0.15) is 48.5 Å². The van der Waals surface area contributed by atoms with E-state index in [9.17, 15) is 10.1 Å². The Hall–Kier alpha value is -2.64. The maximum absolute atomic E-state index is 12.7. The van der Waals surface area contributed by atoms with E-state index in [1.54, 1.807) is 6.07 Å². The summed E-state index contributed by atoms with van der Waals surface area (Å²) in [6, 6.07) is 17.1. The number of benzene rings is 2. The minimum Gasteiger partial charge on any atom is -0.352 e. The molecule has 1 atom stereocenters. The Morgan fingerprint density at radius 3 is 2.68 bits per heavy atom. The number of hydrogen-bond donors (Lipinski definition) is 1. The summed E-state index contributed by atoms with van der Waals surface area (Å²) < 4.78 is 0. The van der Waals surface area contributed by atoms with Crippen molar-refractivity contribution in [1.29, 1.82) is 5.26 Å². The lowest BCUT2D eigenvalue weighted by Gasteiger charge is -2.30. The van der Waals surface area contributed by atoms with Crippen LogP contribution in [0.3, 0.4) is 0 Å². The first kappa shape index (κ1) is 20.1. The fourth-order valence-electron chi connectivity index (χ4n) is 3.98. The largest absolute Gasteiger partial charge is 0.352 e. The highest BCUT2D eigenvalue weighted by Crippen LogP contribution is 2.26. The number of carbonyl (C=O) groups excluding carboxylic acids is 1. The Bertz CT molecular complexity index is 840. The fourth-order valence-corrected chi connectivity index (χ4v) is 3.98. The molecule has 0 aliphatic carbocycles. The van der Waals surface area contributed by atoms with E-state index in [-0.39, 0.29) is 5.91 Å². The minimum absolute atomic E-state index is 0.0741. The van der Waals surface area contributed by atoms with E-state index in [2.05, 4.69) is 23.2 Å². The van der Waals surface area contributed by atoms with Crippen LogP contribution in [0, 0.1) is 17.2 Å². The smallest absolute Gasteiger partial charge is 0.251 e. The first-order valence-electron chi connectivity index (χ1n) is 10.3. The summed E-state index contributed by atoms with van der Waals surface area (Å²) in [5, 5.41) is 12.4. The summed E-state index contributed by atoms with van der Waals surface area (Å²) in [6.45, 7) is 6.54. The van der Waals surface area contributed by atoms with Gasteiger partial charge in [-0.3, -0.25) is 4.79 Å². The molecule has 4 heteroatoms. The second-order valence-electron chi connectivity index (χ2n) is 7.71. The molecule has 3 rings (SSSR count). The Morgan fingerprint density at radius 1 is 1.14 bits per heavy atom. The van der Waals surface area contributed by atoms with Gasteiger partial charge >= 0.3 is 0 Å². The van der Waals surface area contributed by atoms with E-state index in [0.29, 0.717) is 17.7 Å². The van der Waals surface area contributed by atoms with Crippen molar-refractivity contribution in [2.75, 3.05) is 26.2 Å². The number of carbonyl (C=O) groups is 1. The lowest BCUT2D eigenvalue weighted by molar-refractivity contribution is 0.0953. The van der Waals surface area contributed by atoms with Gasteiger partial charge in [-0.2, -0.15) is 5.26 Å². The molecule has 0 spiro atoms. The van der Waals surface area contributed by atoms with Crippen molar-refractivity contribution in [3.63, 3.8) is 0 Å². The molecule has 2 aromatic carbocycles. The molecule has 0 radical (unpaired) electrons. The molecule has 146 valence electrons. The highest BCUT2D eigenvalue weighted by atomic mass is 16.1. The van der Waals surface area contributed by atoms with Gasteiger partial charge in [0.1, 0.15) is 0 Å². The number of hydrogen-bond acceptors (Lipinski definition) is 3. The Labute approximate surface area is 168 Å². The van der Waals surface area contributed by atoms with Gasteiger partial charge in [0, 0.05) is 24.2 Å². The number of nitrogens with zero attached hydrogens (tertiary/aromatic N) is 2. The first-order chi connectivity index (χ1) is 13.7. The second kappa shape index (κ2) is 10.1. The molecule has 28 heavy (non-hydrogen) atoms. The summed E-state index contributed by atoms with van der Waals surface area (Å²) in [7, 11) is 0. The van der Waals surface area contributed by atoms with Crippen molar-refractivity contribution >= 4 is 5.91 Å². The van der Waals surface area contributed by atoms with Gasteiger partial charge in [-0.1, -0.05) is 43.3 Å². The second-order valence-corrected chi connectivity index (χ2v) is 7.71. The summed E-state index contributed by atoms with van der Waals surface area (Å²) in [5.41, 5.74) is 2.81. The fraction of sp³-hybridized carbons (Fsp3) is 0.417. The Kier molecular flexibility index (Phi) is 7.22. The molecular weight excluding hydrogens is 346 g/mol. The number of likely N-dealkylation sites (tertiary alicyclic amines) is 1. The normalized spacial score (nSPS) is 17.1. The minimum atomic E-state index is -0.0741. The van der Waals surface area contributed by atoms with Gasteiger partial charge in [-0.25, -0.2) is 0 Å². The van der Waals surface area contributed by atoms with Crippen molar-refractivity contribution in [2.45, 2.75) is 32.6 Å². The third-order valence-electron chi connectivity index (χ3n) is 5.44. The van der Waals surface area contributed by atoms with E-state index in [4.69, 9.17) is 0 Å². The molecule has 1 fully saturated rings. The molecule has 4 nitrogen and oxygen atoms in total. The number of amides is 1. The van der Waals surface area contributed by atoms with E-state index in [1.807, 2.05) is 42.5 Å². The molecule has 1 amide bonds. The van der Waals surface area contributed by atoms with Crippen molar-refractivity contribution < 1.29 is 4.79 Å². The van der Waals surface area contributed by atoms with Gasteiger partial charge < -0.3 is 10.2 Å². The van der Waals surface area contributed by atoms with Crippen LogP contribution in [0.25, 0.3) is 11.1 Å². The van der Waals surface area contributed by atoms with Gasteiger partial charge in [0.2, 0.25) is 0 Å². The van der Waals surface area contributed by atoms with Gasteiger partial charge in [-0.15, -0.1) is 0 Å². The van der Waals surface area contributed by atoms with E-state index in [0.717, 1.165) is 36.4 Å². The molecule has 0 saturated carbocycles. The van der Waals surface area contributed by atoms with E-state index >= 15 is 0 Å². The Balaban J connectivity index is 1.55. The summed E-state index contributed by atoms with van der Waals surface area (Å²) in [6.07, 6.45) is 4.74. The lowest BCUT2D eigenvalue weighted by Crippen LogP contribution is -2.35. The molecule has 1 unspecified atom stereocenters. The summed E-state index contributed by atoms with van der Waals surface area (Å²) in [5.74, 6) is 0.733. The van der Waals surface area contributed by atoms with Crippen molar-refractivity contribution in [3.05, 3.63) is 59.7 Å². The monoisotopic (exact) mass is 375 g/mol. The van der Waals surface area contributed by atoms with Crippen LogP contribution in [-0.4, -0.2) is 37.0 Å². The standard InChI is InChI=1S/C24H29N3O/c1-19-9-8-16-27(18-19)15-7-6-14-26-24(28)23-13-5-4-12-22(23)21-11-3-2-10-20(21)17-25/h2-5,10-13,19H,6-9,14-16,18H2,1H3,(H,26,28). The maximum atomic E-state index is 12.7. The SMILES string of the molecule is CC1CCCN(CCCCNC(=O)c2ccccc2-c2ccccc2C#N)C1. The zero-order valence-corrected chi connectivity index (χ0v) is 16.7. The van der Waals surface area contributed by atoms with Crippen molar-refractivity contribution in [2.24, 2.45) is 5.92 Å². The van der Waals surface area contributed by atoms with E-state index in [1.165, 1.54) is 25.9 Å². The molecule has 0 bridgehead atoms. The predicted molar refractivity (Wildman–Crippen MR) is 113 cm³/mol. The zero-order chi connectivity index (χ0) is 19.8. The third-order valence-corrected chi connectivity index (χ3v) is 5.44. The lowest BCUT2D eigenvalue weighted by atomic mass is 9.95. The molecular formula is C24H29N3O. The first-order valence-corrected chi connectivity index (χ1v) is 10.3. The van der Waals surface area contributed by atoms with E-state index < -0.39 is 0 Å². The molecule has 1 aliphatic heterocycles. The van der Waals surface area contributed by atoms with Crippen LogP contribution < -0.4 is 5.32 Å². The molecule has 1 N–H and O–H groups in total. The molecule has 1 aliphatic rings. The number of nitriles is 1. The van der Waals surface area contributed by atoms with Gasteiger partial charge in [0.25, 0.3) is 5.91 Å². The summed E-state index contributed by atoms with van der Waals surface area (Å²) in [4.78, 5) is 15.3. The Morgan fingerprint density at radius 2 is 1.89 bits per heavy atom. The molecule has 2 aromatic rings. The highest BCUT2D eigenvalue weighted by Gasteiger charge is 2.16. The number of piperidine rings is 1. The van der Waals surface area contributed by atoms with Crippen LogP contribution in [0.5, 0.6) is 0 Å². The average Bonchev–Trinajstić information content (AvgIpc) is 2.73. The van der Waals surface area contributed by atoms with Crippen LogP contribution in [0.2, 0.25) is 0 Å². The highest BCUT2D eigenvalue weighted by molar-refractivity contribution is 6.01. The number of unbranched alkanes of at least 4 members (excludes halogenated alkanes) is 1.